The van der Waals surface area contributed by atoms with Crippen LogP contribution in [0, 0.1) is 5.92 Å². The molecule has 1 aliphatic heterocycles. The van der Waals surface area contributed by atoms with Crippen molar-refractivity contribution >= 4 is 40.7 Å². The quantitative estimate of drug-likeness (QED) is 0.387. The smallest absolute Gasteiger partial charge is 0.281 e. The Morgan fingerprint density at radius 1 is 1.20 bits per heavy atom. The van der Waals surface area contributed by atoms with Gasteiger partial charge in [-0.25, -0.2) is 13.8 Å². The maximum atomic E-state index is 13.8. The van der Waals surface area contributed by atoms with Gasteiger partial charge >= 0.3 is 0 Å². The molecule has 2 N–H and O–H groups in total. The summed E-state index contributed by atoms with van der Waals surface area (Å²) in [7, 11) is 1.40. The number of aliphatic hydroxyl groups is 1. The summed E-state index contributed by atoms with van der Waals surface area (Å²) < 4.78 is 31.9. The summed E-state index contributed by atoms with van der Waals surface area (Å²) in [5.41, 5.74) is -1.74. The summed E-state index contributed by atoms with van der Waals surface area (Å²) in [6.07, 6.45) is 0.729. The molecule has 40 heavy (non-hydrogen) atoms. The monoisotopic (exact) mass is 590 g/mol. The van der Waals surface area contributed by atoms with Crippen molar-refractivity contribution in [2.24, 2.45) is 5.92 Å². The van der Waals surface area contributed by atoms with Crippen LogP contribution in [0.2, 0.25) is 10.0 Å². The maximum Gasteiger partial charge on any atom is 0.281 e. The fourth-order valence-corrected chi connectivity index (χ4v) is 5.79. The van der Waals surface area contributed by atoms with Crippen LogP contribution >= 0.6 is 23.2 Å². The number of para-hydroxylation sites is 1. The number of aromatic nitrogens is 2. The number of halogens is 4. The topological polar surface area (TPSA) is 105 Å². The molecular weight excluding hydrogens is 565 g/mol. The van der Waals surface area contributed by atoms with Crippen LogP contribution in [0.1, 0.15) is 59.4 Å². The van der Waals surface area contributed by atoms with E-state index in [-0.39, 0.29) is 39.1 Å². The Bertz CT molecular complexity index is 1450. The Balaban J connectivity index is 1.28. The number of hydrogen-bond acceptors (Lipinski definition) is 6. The first-order valence-electron chi connectivity index (χ1n) is 12.7. The summed E-state index contributed by atoms with van der Waals surface area (Å²) in [5, 5.41) is 14.9. The second kappa shape index (κ2) is 11.3. The van der Waals surface area contributed by atoms with Crippen molar-refractivity contribution in [3.8, 4) is 5.88 Å². The third-order valence-electron chi connectivity index (χ3n) is 7.48. The van der Waals surface area contributed by atoms with E-state index in [1.807, 2.05) is 0 Å². The van der Waals surface area contributed by atoms with Crippen LogP contribution in [0.25, 0.3) is 0 Å². The molecule has 3 aromatic rings. The van der Waals surface area contributed by atoms with Gasteiger partial charge in [0.05, 0.1) is 29.1 Å². The van der Waals surface area contributed by atoms with Crippen molar-refractivity contribution in [2.45, 2.75) is 43.8 Å². The Hall–Kier alpha value is -3.34. The number of anilines is 1. The number of rotatable bonds is 7. The molecule has 1 atom stereocenters. The lowest BCUT2D eigenvalue weighted by Gasteiger charge is -2.32. The third kappa shape index (κ3) is 5.11. The van der Waals surface area contributed by atoms with Crippen molar-refractivity contribution in [1.82, 2.24) is 15.3 Å². The SMILES string of the molecule is COc1nc(C2(O)C(=O)N(CC3CCC(NC(=O)c4cc(Cl)cnc4C(F)F)CC3)c3ccccc32)ccc1Cl. The molecule has 1 aromatic carbocycles. The van der Waals surface area contributed by atoms with E-state index in [0.29, 0.717) is 43.5 Å². The number of alkyl halides is 2. The normalized spacial score (nSPS) is 22.4. The van der Waals surface area contributed by atoms with Crippen LogP contribution in [0.3, 0.4) is 0 Å². The van der Waals surface area contributed by atoms with Gasteiger partial charge in [-0.3, -0.25) is 14.6 Å². The van der Waals surface area contributed by atoms with Crippen molar-refractivity contribution in [3.05, 3.63) is 81.2 Å². The number of fused-ring (bicyclic) bond motifs is 1. The first-order valence-corrected chi connectivity index (χ1v) is 13.5. The Labute approximate surface area is 239 Å². The average molecular weight is 591 g/mol. The van der Waals surface area contributed by atoms with Gasteiger partial charge in [-0.15, -0.1) is 0 Å². The van der Waals surface area contributed by atoms with E-state index >= 15 is 0 Å². The number of carbonyl (C=O) groups excluding carboxylic acids is 2. The molecule has 1 fully saturated rings. The number of hydrogen-bond donors (Lipinski definition) is 2. The molecule has 1 unspecified atom stereocenters. The van der Waals surface area contributed by atoms with Crippen molar-refractivity contribution in [2.75, 3.05) is 18.6 Å². The molecule has 0 saturated heterocycles. The minimum atomic E-state index is -2.91. The van der Waals surface area contributed by atoms with Crippen LogP contribution < -0.4 is 15.0 Å². The van der Waals surface area contributed by atoms with E-state index in [1.54, 1.807) is 29.2 Å². The molecule has 1 saturated carbocycles. The Morgan fingerprint density at radius 2 is 1.93 bits per heavy atom. The summed E-state index contributed by atoms with van der Waals surface area (Å²) in [5.74, 6) is -0.974. The molecule has 8 nitrogen and oxygen atoms in total. The molecule has 0 radical (unpaired) electrons. The Kier molecular flexibility index (Phi) is 7.94. The predicted octanol–water partition coefficient (Wildman–Crippen LogP) is 5.30. The maximum absolute atomic E-state index is 13.8. The first kappa shape index (κ1) is 28.2. The molecule has 0 spiro atoms. The zero-order valence-corrected chi connectivity index (χ0v) is 22.9. The molecule has 12 heteroatoms. The summed E-state index contributed by atoms with van der Waals surface area (Å²) in [4.78, 5) is 36.0. The number of methoxy groups -OCH3 is 1. The fraction of sp³-hybridized carbons (Fsp3) is 0.357. The number of benzene rings is 1. The largest absolute Gasteiger partial charge is 0.480 e. The minimum absolute atomic E-state index is 0.0877. The second-order valence-electron chi connectivity index (χ2n) is 9.91. The van der Waals surface area contributed by atoms with Gasteiger partial charge in [0, 0.05) is 24.3 Å². The number of carbonyl (C=O) groups is 2. The number of nitrogens with zero attached hydrogens (tertiary/aromatic N) is 3. The lowest BCUT2D eigenvalue weighted by Crippen LogP contribution is -2.45. The lowest BCUT2D eigenvalue weighted by molar-refractivity contribution is -0.132. The fourth-order valence-electron chi connectivity index (χ4n) is 5.45. The van der Waals surface area contributed by atoms with E-state index in [9.17, 15) is 23.5 Å². The molecule has 1 aliphatic carbocycles. The van der Waals surface area contributed by atoms with Gasteiger partial charge in [0.15, 0.2) is 0 Å². The van der Waals surface area contributed by atoms with Gasteiger partial charge in [-0.2, -0.15) is 0 Å². The second-order valence-corrected chi connectivity index (χ2v) is 10.8. The van der Waals surface area contributed by atoms with Gasteiger partial charge in [0.25, 0.3) is 18.2 Å². The summed E-state index contributed by atoms with van der Waals surface area (Å²) >= 11 is 12.0. The highest BCUT2D eigenvalue weighted by Crippen LogP contribution is 2.45. The van der Waals surface area contributed by atoms with Crippen LogP contribution in [0.5, 0.6) is 5.88 Å². The van der Waals surface area contributed by atoms with Crippen LogP contribution in [-0.4, -0.2) is 46.6 Å². The zero-order valence-electron chi connectivity index (χ0n) is 21.4. The van der Waals surface area contributed by atoms with Crippen LogP contribution in [-0.2, 0) is 10.4 Å². The van der Waals surface area contributed by atoms with E-state index in [1.165, 1.54) is 25.3 Å². The highest BCUT2D eigenvalue weighted by molar-refractivity contribution is 6.32. The van der Waals surface area contributed by atoms with Crippen molar-refractivity contribution in [1.29, 1.82) is 0 Å². The van der Waals surface area contributed by atoms with Gasteiger partial charge in [-0.05, 0) is 55.9 Å². The standard InChI is InChI=1S/C28H26Cl2F2N4O4/c1-40-26-20(30)10-11-22(35-26)28(39)19-4-2-3-5-21(19)36(27(28)38)14-15-6-8-17(9-7-15)34-25(37)18-12-16(29)13-33-23(18)24(31)32/h2-5,10-13,15,17,24,39H,6-9,14H2,1H3,(H,34,37). The van der Waals surface area contributed by atoms with Crippen molar-refractivity contribution in [3.63, 3.8) is 0 Å². The Morgan fingerprint density at radius 3 is 2.62 bits per heavy atom. The molecule has 5 rings (SSSR count). The summed E-state index contributed by atoms with van der Waals surface area (Å²) in [6, 6.07) is 11.0. The van der Waals surface area contributed by atoms with E-state index < -0.39 is 29.5 Å². The van der Waals surface area contributed by atoms with Crippen LogP contribution in [0.4, 0.5) is 14.5 Å². The molecule has 2 aliphatic rings. The average Bonchev–Trinajstić information content (AvgIpc) is 3.16. The molecule has 0 bridgehead atoms. The summed E-state index contributed by atoms with van der Waals surface area (Å²) in [6.45, 7) is 0.358. The van der Waals surface area contributed by atoms with E-state index in [4.69, 9.17) is 27.9 Å². The van der Waals surface area contributed by atoms with Gasteiger partial charge in [0.2, 0.25) is 11.5 Å². The number of amides is 2. The highest BCUT2D eigenvalue weighted by Gasteiger charge is 2.52. The van der Waals surface area contributed by atoms with Crippen LogP contribution in [0.15, 0.2) is 48.7 Å². The van der Waals surface area contributed by atoms with Gasteiger partial charge in [-0.1, -0.05) is 41.4 Å². The lowest BCUT2D eigenvalue weighted by atomic mass is 9.85. The number of nitrogens with one attached hydrogen (secondary N) is 1. The highest BCUT2D eigenvalue weighted by atomic mass is 35.5. The molecule has 2 amide bonds. The zero-order chi connectivity index (χ0) is 28.6. The van der Waals surface area contributed by atoms with E-state index in [2.05, 4.69) is 15.3 Å². The molecule has 210 valence electrons. The number of pyridine rings is 2. The molecular formula is C28H26Cl2F2N4O4. The predicted molar refractivity (Wildman–Crippen MR) is 145 cm³/mol. The molecule has 2 aromatic heterocycles. The van der Waals surface area contributed by atoms with Gasteiger partial charge < -0.3 is 20.1 Å². The third-order valence-corrected chi connectivity index (χ3v) is 7.97. The van der Waals surface area contributed by atoms with Gasteiger partial charge in [0.1, 0.15) is 10.7 Å². The molecule has 3 heterocycles. The minimum Gasteiger partial charge on any atom is -0.480 e. The first-order chi connectivity index (χ1) is 19.1. The van der Waals surface area contributed by atoms with Crippen molar-refractivity contribution < 1.29 is 28.2 Å². The van der Waals surface area contributed by atoms with E-state index in [0.717, 1.165) is 6.20 Å². The number of ether oxygens (including phenoxy) is 1.